The quantitative estimate of drug-likeness (QED) is 0.459. The number of non-ortho nitro benzene ring substituents is 1. The summed E-state index contributed by atoms with van der Waals surface area (Å²) in [5.74, 6) is 0.110. The summed E-state index contributed by atoms with van der Waals surface area (Å²) >= 11 is 1.60. The van der Waals surface area contributed by atoms with Gasteiger partial charge in [-0.25, -0.2) is 4.79 Å². The third-order valence-corrected chi connectivity index (χ3v) is 5.71. The fraction of sp³-hybridized carbons (Fsp3) is 0.389. The van der Waals surface area contributed by atoms with Crippen LogP contribution in [0.2, 0.25) is 0 Å². The van der Waals surface area contributed by atoms with Gasteiger partial charge in [-0.1, -0.05) is 0 Å². The maximum absolute atomic E-state index is 12.5. The van der Waals surface area contributed by atoms with Crippen LogP contribution in [0, 0.1) is 10.1 Å². The first-order valence-corrected chi connectivity index (χ1v) is 9.28. The van der Waals surface area contributed by atoms with Crippen LogP contribution in [0.1, 0.15) is 44.8 Å². The molecule has 0 spiro atoms. The average Bonchev–Trinajstić information content (AvgIpc) is 3.09. The highest BCUT2D eigenvalue weighted by Crippen LogP contribution is 2.34. The van der Waals surface area contributed by atoms with Crippen molar-refractivity contribution in [3.05, 3.63) is 54.8 Å². The Bertz CT molecular complexity index is 875. The molecule has 2 aromatic rings. The molecule has 0 fully saturated rings. The van der Waals surface area contributed by atoms with Gasteiger partial charge in [0.25, 0.3) is 5.69 Å². The molecule has 0 amide bonds. The van der Waals surface area contributed by atoms with Crippen LogP contribution in [0.15, 0.2) is 17.5 Å². The van der Waals surface area contributed by atoms with Crippen molar-refractivity contribution in [1.29, 1.82) is 0 Å². The van der Waals surface area contributed by atoms with Gasteiger partial charge < -0.3 is 14.2 Å². The van der Waals surface area contributed by atoms with E-state index in [1.165, 1.54) is 17.0 Å². The predicted octanol–water partition coefficient (Wildman–Crippen LogP) is 3.76. The van der Waals surface area contributed by atoms with Gasteiger partial charge in [0, 0.05) is 33.5 Å². The molecule has 0 unspecified atom stereocenters. The van der Waals surface area contributed by atoms with E-state index < -0.39 is 10.9 Å². The van der Waals surface area contributed by atoms with Crippen molar-refractivity contribution in [3.63, 3.8) is 0 Å². The molecule has 1 aromatic carbocycles. The van der Waals surface area contributed by atoms with E-state index in [1.807, 2.05) is 5.38 Å². The number of hydrogen-bond acceptors (Lipinski definition) is 7. The smallest absolute Gasteiger partial charge is 0.339 e. The lowest BCUT2D eigenvalue weighted by atomic mass is 9.96. The van der Waals surface area contributed by atoms with Crippen molar-refractivity contribution in [2.75, 3.05) is 6.79 Å². The fourth-order valence-corrected chi connectivity index (χ4v) is 4.49. The first-order chi connectivity index (χ1) is 12.6. The van der Waals surface area contributed by atoms with Crippen LogP contribution >= 0.6 is 11.3 Å². The summed E-state index contributed by atoms with van der Waals surface area (Å²) in [5, 5.41) is 13.0. The Morgan fingerprint density at radius 1 is 1.31 bits per heavy atom. The van der Waals surface area contributed by atoms with Gasteiger partial charge in [0.05, 0.1) is 17.1 Å². The molecule has 8 heteroatoms. The third-order valence-electron chi connectivity index (χ3n) is 4.62. The molecule has 0 radical (unpaired) electrons. The third kappa shape index (κ3) is 3.17. The van der Waals surface area contributed by atoms with Crippen LogP contribution in [-0.4, -0.2) is 17.7 Å². The average molecular weight is 375 g/mol. The van der Waals surface area contributed by atoms with Gasteiger partial charge in [-0.3, -0.25) is 10.1 Å². The molecule has 0 bridgehead atoms. The fourth-order valence-electron chi connectivity index (χ4n) is 3.38. The Balaban J connectivity index is 1.56. The molecule has 0 saturated heterocycles. The lowest BCUT2D eigenvalue weighted by molar-refractivity contribution is -0.385. The summed E-state index contributed by atoms with van der Waals surface area (Å²) in [5.41, 5.74) is 2.71. The SMILES string of the molecule is O=C(OCc1cc([N+](=O)[O-])cc2c1OCOC2)c1csc2c1CCCC2. The largest absolute Gasteiger partial charge is 0.467 e. The number of esters is 1. The minimum absolute atomic E-state index is 0.0724. The molecule has 1 aliphatic carbocycles. The summed E-state index contributed by atoms with van der Waals surface area (Å²) in [6, 6.07) is 2.82. The summed E-state index contributed by atoms with van der Waals surface area (Å²) in [4.78, 5) is 24.4. The van der Waals surface area contributed by atoms with E-state index in [9.17, 15) is 14.9 Å². The van der Waals surface area contributed by atoms with Gasteiger partial charge in [0.1, 0.15) is 12.4 Å². The number of nitrogens with zero attached hydrogens (tertiary/aromatic N) is 1. The number of carbonyl (C=O) groups is 1. The number of hydrogen-bond donors (Lipinski definition) is 0. The standard InChI is InChI=1S/C18H17NO6S/c20-18(15-9-26-16-4-2-1-3-14(15)16)24-8-12-6-13(19(21)22)5-11-7-23-10-25-17(11)12/h5-6,9H,1-4,7-8,10H2. The van der Waals surface area contributed by atoms with E-state index in [0.29, 0.717) is 22.4 Å². The first-order valence-electron chi connectivity index (χ1n) is 8.40. The van der Waals surface area contributed by atoms with E-state index in [0.717, 1.165) is 31.2 Å². The van der Waals surface area contributed by atoms with Crippen molar-refractivity contribution in [2.24, 2.45) is 0 Å². The number of carbonyl (C=O) groups excluding carboxylic acids is 1. The number of ether oxygens (including phenoxy) is 3. The number of nitro benzene ring substituents is 1. The summed E-state index contributed by atoms with van der Waals surface area (Å²) in [6.07, 6.45) is 4.15. The highest BCUT2D eigenvalue weighted by Gasteiger charge is 2.24. The Hall–Kier alpha value is -2.45. The van der Waals surface area contributed by atoms with E-state index >= 15 is 0 Å². The highest BCUT2D eigenvalue weighted by atomic mass is 32.1. The Kier molecular flexibility index (Phi) is 4.60. The van der Waals surface area contributed by atoms with Gasteiger partial charge in [0.2, 0.25) is 0 Å². The highest BCUT2D eigenvalue weighted by molar-refractivity contribution is 7.10. The second-order valence-electron chi connectivity index (χ2n) is 6.30. The molecule has 2 aliphatic rings. The van der Waals surface area contributed by atoms with Crippen molar-refractivity contribution >= 4 is 23.0 Å². The number of fused-ring (bicyclic) bond motifs is 2. The van der Waals surface area contributed by atoms with Crippen LogP contribution in [0.25, 0.3) is 0 Å². The Labute approximate surface area is 153 Å². The number of aryl methyl sites for hydroxylation is 1. The van der Waals surface area contributed by atoms with E-state index in [1.54, 1.807) is 11.3 Å². The van der Waals surface area contributed by atoms with Gasteiger partial charge in [-0.2, -0.15) is 0 Å². The zero-order chi connectivity index (χ0) is 18.1. The van der Waals surface area contributed by atoms with Crippen molar-refractivity contribution in [2.45, 2.75) is 38.9 Å². The van der Waals surface area contributed by atoms with E-state index in [-0.39, 0.29) is 25.7 Å². The van der Waals surface area contributed by atoms with Crippen LogP contribution in [-0.2, 0) is 35.5 Å². The second-order valence-corrected chi connectivity index (χ2v) is 7.26. The lowest BCUT2D eigenvalue weighted by Crippen LogP contribution is -2.15. The molecule has 0 saturated carbocycles. The summed E-state index contributed by atoms with van der Waals surface area (Å²) < 4.78 is 16.1. The molecule has 136 valence electrons. The predicted molar refractivity (Wildman–Crippen MR) is 93.5 cm³/mol. The van der Waals surface area contributed by atoms with Crippen LogP contribution < -0.4 is 4.74 Å². The van der Waals surface area contributed by atoms with Crippen molar-refractivity contribution < 1.29 is 23.9 Å². The number of thiophene rings is 1. The van der Waals surface area contributed by atoms with Crippen molar-refractivity contribution in [1.82, 2.24) is 0 Å². The maximum atomic E-state index is 12.5. The monoisotopic (exact) mass is 375 g/mol. The lowest BCUT2D eigenvalue weighted by Gasteiger charge is -2.20. The van der Waals surface area contributed by atoms with E-state index in [4.69, 9.17) is 14.2 Å². The van der Waals surface area contributed by atoms with Crippen LogP contribution in [0.4, 0.5) is 5.69 Å². The molecule has 0 atom stereocenters. The number of benzene rings is 1. The van der Waals surface area contributed by atoms with Gasteiger partial charge in [-0.15, -0.1) is 11.3 Å². The zero-order valence-electron chi connectivity index (χ0n) is 14.0. The molecule has 1 aliphatic heterocycles. The molecule has 0 N–H and O–H groups in total. The molecule has 1 aromatic heterocycles. The Morgan fingerprint density at radius 2 is 2.15 bits per heavy atom. The van der Waals surface area contributed by atoms with Crippen LogP contribution in [0.5, 0.6) is 5.75 Å². The van der Waals surface area contributed by atoms with E-state index in [2.05, 4.69) is 0 Å². The zero-order valence-corrected chi connectivity index (χ0v) is 14.8. The molecular weight excluding hydrogens is 358 g/mol. The maximum Gasteiger partial charge on any atom is 0.339 e. The van der Waals surface area contributed by atoms with Crippen molar-refractivity contribution in [3.8, 4) is 5.75 Å². The molecule has 2 heterocycles. The molecule has 26 heavy (non-hydrogen) atoms. The summed E-state index contributed by atoms with van der Waals surface area (Å²) in [6.45, 7) is 0.229. The first kappa shape index (κ1) is 17.0. The van der Waals surface area contributed by atoms with Gasteiger partial charge >= 0.3 is 5.97 Å². The topological polar surface area (TPSA) is 87.9 Å². The second kappa shape index (κ2) is 7.05. The number of nitro groups is 1. The Morgan fingerprint density at radius 3 is 3.00 bits per heavy atom. The normalized spacial score (nSPS) is 15.5. The minimum atomic E-state index is -0.477. The molecule has 7 nitrogen and oxygen atoms in total. The molecular formula is C18H17NO6S. The molecule has 4 rings (SSSR count). The van der Waals surface area contributed by atoms with Crippen LogP contribution in [0.3, 0.4) is 0 Å². The van der Waals surface area contributed by atoms with Gasteiger partial charge in [-0.05, 0) is 31.2 Å². The van der Waals surface area contributed by atoms with Gasteiger partial charge in [0.15, 0.2) is 6.79 Å². The minimum Gasteiger partial charge on any atom is -0.467 e. The summed E-state index contributed by atoms with van der Waals surface area (Å²) in [7, 11) is 0. The number of rotatable bonds is 4.